The molecule has 0 aliphatic rings. The number of benzene rings is 2. The van der Waals surface area contributed by atoms with Crippen LogP contribution in [-0.4, -0.2) is 19.7 Å². The predicted molar refractivity (Wildman–Crippen MR) is 109 cm³/mol. The van der Waals surface area contributed by atoms with Crippen LogP contribution in [0.5, 0.6) is 0 Å². The average Bonchev–Trinajstić information content (AvgIpc) is 3.01. The zero-order chi connectivity index (χ0) is 19.8. The summed E-state index contributed by atoms with van der Waals surface area (Å²) in [6, 6.07) is 10.2. The molecular weight excluding hydrogens is 385 g/mol. The van der Waals surface area contributed by atoms with Crippen LogP contribution in [0.1, 0.15) is 49.4 Å². The van der Waals surface area contributed by atoms with Gasteiger partial charge in [0.25, 0.3) is 0 Å². The Kier molecular flexibility index (Phi) is 5.63. The lowest BCUT2D eigenvalue weighted by Crippen LogP contribution is -2.02. The fourth-order valence-corrected chi connectivity index (χ4v) is 4.25. The summed E-state index contributed by atoms with van der Waals surface area (Å²) in [5, 5.41) is 0.682. The zero-order valence-electron chi connectivity index (χ0n) is 15.6. The lowest BCUT2D eigenvalue weighted by Gasteiger charge is -2.14. The van der Waals surface area contributed by atoms with Crippen LogP contribution in [0.4, 0.5) is 4.39 Å². The summed E-state index contributed by atoms with van der Waals surface area (Å²) < 4.78 is 38.1. The number of fused-ring (bicyclic) bond motifs is 1. The first-order valence-electron chi connectivity index (χ1n) is 9.02. The first-order chi connectivity index (χ1) is 12.7. The summed E-state index contributed by atoms with van der Waals surface area (Å²) >= 11 is 6.01. The molecule has 0 aliphatic carbocycles. The zero-order valence-corrected chi connectivity index (χ0v) is 17.2. The van der Waals surface area contributed by atoms with E-state index in [0.717, 1.165) is 41.6 Å². The molecule has 3 aromatic rings. The van der Waals surface area contributed by atoms with E-state index in [1.54, 1.807) is 24.3 Å². The Hall–Kier alpha value is -1.85. The summed E-state index contributed by atoms with van der Waals surface area (Å²) in [7, 11) is -3.23. The van der Waals surface area contributed by atoms with Crippen LogP contribution in [-0.2, 0) is 16.3 Å². The van der Waals surface area contributed by atoms with Crippen molar-refractivity contribution in [1.29, 1.82) is 0 Å². The number of nitrogens with one attached hydrogen (secondary N) is 1. The number of sulfone groups is 1. The van der Waals surface area contributed by atoms with Crippen molar-refractivity contribution >= 4 is 32.3 Å². The van der Waals surface area contributed by atoms with Gasteiger partial charge in [-0.2, -0.15) is 0 Å². The molecule has 0 amide bonds. The largest absolute Gasteiger partial charge is 0.358 e. The minimum absolute atomic E-state index is 0.0314. The van der Waals surface area contributed by atoms with Crippen LogP contribution in [0.3, 0.4) is 0 Å². The molecule has 1 atom stereocenters. The normalized spacial score (nSPS) is 13.2. The van der Waals surface area contributed by atoms with Crippen molar-refractivity contribution in [3.8, 4) is 0 Å². The lowest BCUT2D eigenvalue weighted by molar-refractivity contribution is 0.602. The van der Waals surface area contributed by atoms with Gasteiger partial charge >= 0.3 is 0 Å². The molecule has 0 bridgehead atoms. The third kappa shape index (κ3) is 3.90. The SMILES string of the molecule is CCCCc1c(C(C)c2ccc(S(C)(=O)=O)cc2)[nH]c2ccc(Cl)c(F)c12. The van der Waals surface area contributed by atoms with Gasteiger partial charge in [0.2, 0.25) is 0 Å². The number of H-pyrrole nitrogens is 1. The van der Waals surface area contributed by atoms with Gasteiger partial charge in [0.05, 0.1) is 9.92 Å². The van der Waals surface area contributed by atoms with E-state index in [-0.39, 0.29) is 16.8 Å². The van der Waals surface area contributed by atoms with Crippen molar-refractivity contribution < 1.29 is 12.8 Å². The molecule has 0 spiro atoms. The molecule has 0 radical (unpaired) electrons. The van der Waals surface area contributed by atoms with Crippen LogP contribution in [0.15, 0.2) is 41.3 Å². The van der Waals surface area contributed by atoms with Crippen LogP contribution in [0, 0.1) is 5.82 Å². The molecule has 0 saturated heterocycles. The first kappa shape index (κ1) is 19.9. The maximum Gasteiger partial charge on any atom is 0.175 e. The van der Waals surface area contributed by atoms with Gasteiger partial charge in [0.1, 0.15) is 0 Å². The van der Waals surface area contributed by atoms with Gasteiger partial charge < -0.3 is 4.98 Å². The minimum atomic E-state index is -3.23. The van der Waals surface area contributed by atoms with E-state index < -0.39 is 9.84 Å². The van der Waals surface area contributed by atoms with E-state index in [1.165, 1.54) is 6.26 Å². The Morgan fingerprint density at radius 1 is 1.15 bits per heavy atom. The van der Waals surface area contributed by atoms with Crippen LogP contribution in [0.25, 0.3) is 10.9 Å². The van der Waals surface area contributed by atoms with Crippen molar-refractivity contribution in [3.05, 3.63) is 64.1 Å². The number of rotatable bonds is 6. The summed E-state index contributed by atoms with van der Waals surface area (Å²) in [6.07, 6.45) is 3.91. The summed E-state index contributed by atoms with van der Waals surface area (Å²) in [6.45, 7) is 4.14. The molecule has 1 aromatic heterocycles. The van der Waals surface area contributed by atoms with Gasteiger partial charge in [-0.15, -0.1) is 0 Å². The van der Waals surface area contributed by atoms with E-state index >= 15 is 0 Å². The molecule has 144 valence electrons. The van der Waals surface area contributed by atoms with Gasteiger partial charge in [0, 0.05) is 28.8 Å². The molecule has 0 fully saturated rings. The van der Waals surface area contributed by atoms with E-state index in [2.05, 4.69) is 11.9 Å². The van der Waals surface area contributed by atoms with E-state index in [1.807, 2.05) is 19.1 Å². The van der Waals surface area contributed by atoms with Crippen LogP contribution >= 0.6 is 11.6 Å². The maximum absolute atomic E-state index is 14.7. The molecule has 1 N–H and O–H groups in total. The second kappa shape index (κ2) is 7.64. The molecule has 6 heteroatoms. The van der Waals surface area contributed by atoms with Gasteiger partial charge in [-0.25, -0.2) is 12.8 Å². The number of hydrogen-bond acceptors (Lipinski definition) is 2. The Bertz CT molecular complexity index is 1070. The number of hydrogen-bond donors (Lipinski definition) is 1. The molecule has 2 aromatic carbocycles. The average molecular weight is 408 g/mol. The molecule has 3 nitrogen and oxygen atoms in total. The molecule has 3 rings (SSSR count). The Morgan fingerprint density at radius 2 is 1.81 bits per heavy atom. The Morgan fingerprint density at radius 3 is 2.41 bits per heavy atom. The highest BCUT2D eigenvalue weighted by molar-refractivity contribution is 7.90. The molecule has 0 saturated carbocycles. The quantitative estimate of drug-likeness (QED) is 0.556. The summed E-state index contributed by atoms with van der Waals surface area (Å²) in [5.74, 6) is -0.418. The highest BCUT2D eigenvalue weighted by atomic mass is 35.5. The number of unbranched alkanes of at least 4 members (excludes halogenated alkanes) is 1. The lowest BCUT2D eigenvalue weighted by atomic mass is 9.92. The highest BCUT2D eigenvalue weighted by Crippen LogP contribution is 2.36. The fourth-order valence-electron chi connectivity index (χ4n) is 3.46. The Balaban J connectivity index is 2.10. The van der Waals surface area contributed by atoms with Gasteiger partial charge in [-0.3, -0.25) is 0 Å². The molecule has 27 heavy (non-hydrogen) atoms. The van der Waals surface area contributed by atoms with Gasteiger partial charge in [0.15, 0.2) is 15.7 Å². The standard InChI is InChI=1S/C21H23ClFNO2S/c1-4-5-6-16-19-18(12-11-17(22)20(19)23)24-21(16)13(2)14-7-9-15(10-8-14)27(3,25)26/h7-13,24H,4-6H2,1-3H3. The van der Waals surface area contributed by atoms with Crippen molar-refractivity contribution in [3.63, 3.8) is 0 Å². The Labute approximate surface area is 164 Å². The smallest absolute Gasteiger partial charge is 0.175 e. The number of aromatic amines is 1. The third-order valence-electron chi connectivity index (χ3n) is 5.01. The summed E-state index contributed by atoms with van der Waals surface area (Å²) in [4.78, 5) is 3.66. The van der Waals surface area contributed by atoms with Gasteiger partial charge in [-0.1, -0.05) is 44.0 Å². The molecule has 1 unspecified atom stereocenters. The van der Waals surface area contributed by atoms with Crippen LogP contribution < -0.4 is 0 Å². The molecule has 0 aliphatic heterocycles. The number of aryl methyl sites for hydroxylation is 1. The van der Waals surface area contributed by atoms with E-state index in [4.69, 9.17) is 11.6 Å². The number of aromatic nitrogens is 1. The van der Waals surface area contributed by atoms with Crippen LogP contribution in [0.2, 0.25) is 5.02 Å². The third-order valence-corrected chi connectivity index (χ3v) is 6.43. The second-order valence-corrected chi connectivity index (χ2v) is 9.39. The number of halogens is 2. The topological polar surface area (TPSA) is 49.9 Å². The molecular formula is C21H23ClFNO2S. The predicted octanol–water partition coefficient (Wildman–Crippen LogP) is 5.86. The van der Waals surface area contributed by atoms with Crippen molar-refractivity contribution in [2.75, 3.05) is 6.26 Å². The van der Waals surface area contributed by atoms with Crippen molar-refractivity contribution in [2.24, 2.45) is 0 Å². The highest BCUT2D eigenvalue weighted by Gasteiger charge is 2.21. The molecule has 1 heterocycles. The van der Waals surface area contributed by atoms with E-state index in [9.17, 15) is 12.8 Å². The van der Waals surface area contributed by atoms with Crippen molar-refractivity contribution in [1.82, 2.24) is 4.98 Å². The maximum atomic E-state index is 14.7. The second-order valence-electron chi connectivity index (χ2n) is 6.97. The van der Waals surface area contributed by atoms with Gasteiger partial charge in [-0.05, 0) is 48.2 Å². The minimum Gasteiger partial charge on any atom is -0.358 e. The fraction of sp³-hybridized carbons (Fsp3) is 0.333. The first-order valence-corrected chi connectivity index (χ1v) is 11.3. The van der Waals surface area contributed by atoms with E-state index in [0.29, 0.717) is 10.3 Å². The monoisotopic (exact) mass is 407 g/mol. The van der Waals surface area contributed by atoms with Crippen molar-refractivity contribution in [2.45, 2.75) is 43.9 Å². The summed E-state index contributed by atoms with van der Waals surface area (Å²) in [5.41, 5.74) is 3.61.